The van der Waals surface area contributed by atoms with Crippen LogP contribution in [0.25, 0.3) is 0 Å². The molecule has 1 aromatic rings. The number of likely N-dealkylation sites (tertiary alicyclic amines) is 1. The van der Waals surface area contributed by atoms with Crippen molar-refractivity contribution in [2.75, 3.05) is 19.6 Å². The van der Waals surface area contributed by atoms with Crippen LogP contribution in [0.4, 0.5) is 4.39 Å². The monoisotopic (exact) mass is 292 g/mol. The summed E-state index contributed by atoms with van der Waals surface area (Å²) >= 11 is 0. The Morgan fingerprint density at radius 2 is 2.19 bits per heavy atom. The minimum atomic E-state index is -0.310. The van der Waals surface area contributed by atoms with Gasteiger partial charge < -0.3 is 10.2 Å². The molecular formula is C17H25FN2O. The minimum absolute atomic E-state index is 0.0534. The Balaban J connectivity index is 2.08. The predicted octanol–water partition coefficient (Wildman–Crippen LogP) is 2.98. The maximum Gasteiger partial charge on any atom is 0.253 e. The number of amides is 1. The largest absolute Gasteiger partial charge is 0.338 e. The van der Waals surface area contributed by atoms with E-state index in [9.17, 15) is 9.18 Å². The number of hydrogen-bond acceptors (Lipinski definition) is 2. The first-order valence-corrected chi connectivity index (χ1v) is 7.85. The van der Waals surface area contributed by atoms with Crippen LogP contribution in [0.2, 0.25) is 0 Å². The molecule has 1 fully saturated rings. The van der Waals surface area contributed by atoms with Crippen molar-refractivity contribution in [1.82, 2.24) is 10.2 Å². The molecule has 1 aromatic carbocycles. The van der Waals surface area contributed by atoms with Crippen LogP contribution in [-0.4, -0.2) is 36.5 Å². The van der Waals surface area contributed by atoms with E-state index >= 15 is 0 Å². The summed E-state index contributed by atoms with van der Waals surface area (Å²) in [5, 5.41) is 3.50. The summed E-state index contributed by atoms with van der Waals surface area (Å²) in [7, 11) is 0. The van der Waals surface area contributed by atoms with Crippen LogP contribution in [0.3, 0.4) is 0 Å². The number of hydrogen-bond donors (Lipinski definition) is 1. The predicted molar refractivity (Wildman–Crippen MR) is 82.9 cm³/mol. The van der Waals surface area contributed by atoms with Crippen LogP contribution in [0.5, 0.6) is 0 Å². The molecule has 0 aliphatic carbocycles. The van der Waals surface area contributed by atoms with Crippen molar-refractivity contribution in [3.8, 4) is 0 Å². The van der Waals surface area contributed by atoms with Crippen LogP contribution in [0.15, 0.2) is 18.2 Å². The van der Waals surface area contributed by atoms with Crippen LogP contribution in [-0.2, 0) is 0 Å². The SMILES string of the molecule is CCNC1CCN(C(=O)c2ccc(C)c(F)c2)CC1CC. The van der Waals surface area contributed by atoms with Gasteiger partial charge in [-0.25, -0.2) is 4.39 Å². The maximum absolute atomic E-state index is 13.6. The maximum atomic E-state index is 13.6. The molecule has 1 aliphatic rings. The zero-order valence-corrected chi connectivity index (χ0v) is 13.2. The summed E-state index contributed by atoms with van der Waals surface area (Å²) in [6.45, 7) is 8.43. The first-order valence-electron chi connectivity index (χ1n) is 7.85. The van der Waals surface area contributed by atoms with Crippen LogP contribution in [0.1, 0.15) is 42.6 Å². The van der Waals surface area contributed by atoms with Gasteiger partial charge >= 0.3 is 0 Å². The van der Waals surface area contributed by atoms with Gasteiger partial charge in [-0.1, -0.05) is 26.3 Å². The molecule has 116 valence electrons. The van der Waals surface area contributed by atoms with E-state index < -0.39 is 0 Å². The van der Waals surface area contributed by atoms with Crippen LogP contribution >= 0.6 is 0 Å². The molecule has 2 rings (SSSR count). The molecule has 1 N–H and O–H groups in total. The van der Waals surface area contributed by atoms with E-state index in [1.54, 1.807) is 19.1 Å². The van der Waals surface area contributed by atoms with Gasteiger partial charge in [-0.3, -0.25) is 4.79 Å². The molecule has 21 heavy (non-hydrogen) atoms. The lowest BCUT2D eigenvalue weighted by atomic mass is 9.89. The Morgan fingerprint density at radius 1 is 1.43 bits per heavy atom. The lowest BCUT2D eigenvalue weighted by Crippen LogP contribution is -2.50. The zero-order valence-electron chi connectivity index (χ0n) is 13.2. The summed E-state index contributed by atoms with van der Waals surface area (Å²) < 4.78 is 13.6. The molecule has 4 heteroatoms. The van der Waals surface area contributed by atoms with Gasteiger partial charge in [-0.05, 0) is 43.5 Å². The Kier molecular flexibility index (Phi) is 5.34. The quantitative estimate of drug-likeness (QED) is 0.925. The van der Waals surface area contributed by atoms with E-state index in [-0.39, 0.29) is 11.7 Å². The van der Waals surface area contributed by atoms with E-state index in [2.05, 4.69) is 19.2 Å². The summed E-state index contributed by atoms with van der Waals surface area (Å²) in [6.07, 6.45) is 2.01. The molecule has 1 heterocycles. The van der Waals surface area contributed by atoms with Crippen LogP contribution in [0, 0.1) is 18.7 Å². The number of rotatable bonds is 4. The Labute approximate surface area is 126 Å². The third kappa shape index (κ3) is 3.62. The molecule has 3 nitrogen and oxygen atoms in total. The third-order valence-corrected chi connectivity index (χ3v) is 4.43. The van der Waals surface area contributed by atoms with Gasteiger partial charge in [0.15, 0.2) is 0 Å². The Bertz CT molecular complexity index is 504. The first-order chi connectivity index (χ1) is 10.1. The molecule has 1 amide bonds. The number of carbonyl (C=O) groups is 1. The smallest absolute Gasteiger partial charge is 0.253 e. The molecule has 2 unspecified atom stereocenters. The molecular weight excluding hydrogens is 267 g/mol. The number of halogens is 1. The van der Waals surface area contributed by atoms with Crippen molar-refractivity contribution in [1.29, 1.82) is 0 Å². The summed E-state index contributed by atoms with van der Waals surface area (Å²) in [4.78, 5) is 14.4. The number of benzene rings is 1. The zero-order chi connectivity index (χ0) is 15.4. The highest BCUT2D eigenvalue weighted by atomic mass is 19.1. The topological polar surface area (TPSA) is 32.3 Å². The number of carbonyl (C=O) groups excluding carboxylic acids is 1. The second-order valence-corrected chi connectivity index (χ2v) is 5.84. The Morgan fingerprint density at radius 3 is 2.81 bits per heavy atom. The highest BCUT2D eigenvalue weighted by Crippen LogP contribution is 2.22. The van der Waals surface area contributed by atoms with E-state index in [1.807, 2.05) is 4.90 Å². The average molecular weight is 292 g/mol. The lowest BCUT2D eigenvalue weighted by molar-refractivity contribution is 0.0627. The second kappa shape index (κ2) is 7.03. The van der Waals surface area contributed by atoms with Crippen molar-refractivity contribution in [2.24, 2.45) is 5.92 Å². The number of aryl methyl sites for hydroxylation is 1. The molecule has 0 saturated carbocycles. The van der Waals surface area contributed by atoms with Gasteiger partial charge in [0.2, 0.25) is 0 Å². The normalized spacial score (nSPS) is 22.4. The van der Waals surface area contributed by atoms with Gasteiger partial charge in [-0.15, -0.1) is 0 Å². The summed E-state index contributed by atoms with van der Waals surface area (Å²) in [6, 6.07) is 5.23. The van der Waals surface area contributed by atoms with Gasteiger partial charge in [0.05, 0.1) is 0 Å². The molecule has 1 aliphatic heterocycles. The lowest BCUT2D eigenvalue weighted by Gasteiger charge is -2.38. The first kappa shape index (κ1) is 16.0. The second-order valence-electron chi connectivity index (χ2n) is 5.84. The molecule has 0 radical (unpaired) electrons. The van der Waals surface area contributed by atoms with E-state index in [4.69, 9.17) is 0 Å². The fraction of sp³-hybridized carbons (Fsp3) is 0.588. The van der Waals surface area contributed by atoms with E-state index in [0.717, 1.165) is 32.5 Å². The Hall–Kier alpha value is -1.42. The number of nitrogens with zero attached hydrogens (tertiary/aromatic N) is 1. The fourth-order valence-corrected chi connectivity index (χ4v) is 3.07. The van der Waals surface area contributed by atoms with Crippen molar-refractivity contribution in [2.45, 2.75) is 39.7 Å². The van der Waals surface area contributed by atoms with Gasteiger partial charge in [0, 0.05) is 24.7 Å². The van der Waals surface area contributed by atoms with Crippen LogP contribution < -0.4 is 5.32 Å². The van der Waals surface area contributed by atoms with Gasteiger partial charge in [0.1, 0.15) is 5.82 Å². The molecule has 0 spiro atoms. The molecule has 0 aromatic heterocycles. The van der Waals surface area contributed by atoms with Gasteiger partial charge in [0.25, 0.3) is 5.91 Å². The average Bonchev–Trinajstić information content (AvgIpc) is 2.50. The van der Waals surface area contributed by atoms with Crippen molar-refractivity contribution >= 4 is 5.91 Å². The van der Waals surface area contributed by atoms with Crippen molar-refractivity contribution in [3.63, 3.8) is 0 Å². The summed E-state index contributed by atoms with van der Waals surface area (Å²) in [5.74, 6) is 0.107. The van der Waals surface area contributed by atoms with E-state index in [0.29, 0.717) is 23.1 Å². The molecule has 0 bridgehead atoms. The minimum Gasteiger partial charge on any atom is -0.338 e. The standard InChI is InChI=1S/C17H25FN2O/c1-4-13-11-20(9-8-16(13)19-5-2)17(21)14-7-6-12(3)15(18)10-14/h6-7,10,13,16,19H,4-5,8-9,11H2,1-3H3. The summed E-state index contributed by atoms with van der Waals surface area (Å²) in [5.41, 5.74) is 1.03. The number of nitrogens with one attached hydrogen (secondary N) is 1. The molecule has 1 saturated heterocycles. The highest BCUT2D eigenvalue weighted by molar-refractivity contribution is 5.94. The molecule has 2 atom stereocenters. The van der Waals surface area contributed by atoms with E-state index in [1.165, 1.54) is 6.07 Å². The fourth-order valence-electron chi connectivity index (χ4n) is 3.07. The number of piperidine rings is 1. The highest BCUT2D eigenvalue weighted by Gasteiger charge is 2.30. The van der Waals surface area contributed by atoms with Crippen molar-refractivity contribution < 1.29 is 9.18 Å². The van der Waals surface area contributed by atoms with Gasteiger partial charge in [-0.2, -0.15) is 0 Å². The third-order valence-electron chi connectivity index (χ3n) is 4.43. The van der Waals surface area contributed by atoms with Crippen molar-refractivity contribution in [3.05, 3.63) is 35.1 Å².